The number of hydrogen-bond donors (Lipinski definition) is 19. The number of aliphatic hydroxyl groups excluding tert-OH is 15. The summed E-state index contributed by atoms with van der Waals surface area (Å²) >= 11 is 0. The van der Waals surface area contributed by atoms with Gasteiger partial charge in [0.1, 0.15) is 61.0 Å². The fourth-order valence-corrected chi connectivity index (χ4v) is 42.1. The minimum atomic E-state index is -2.62. The maximum Gasteiger partial charge on any atom is 0.316 e. The number of ether oxygens (including phenoxy) is 2. The molecule has 85 heavy (non-hydrogen) atoms. The van der Waals surface area contributed by atoms with E-state index in [1.807, 2.05) is 26.2 Å². The Kier molecular flexibility index (Phi) is 37.0. The van der Waals surface area contributed by atoms with Gasteiger partial charge in [-0.05, 0) is 142 Å². The molecule has 1 rings (SSSR count). The van der Waals surface area contributed by atoms with E-state index in [-0.39, 0.29) is 25.6 Å². The molecule has 0 aromatic rings. The molecular formula is C48H111N5O25Si7. The molecule has 20 N–H and O–H groups in total. The van der Waals surface area contributed by atoms with Crippen LogP contribution in [-0.2, 0) is 44.4 Å². The molecular weight excluding hydrogens is 1240 g/mol. The Labute approximate surface area is 509 Å². The summed E-state index contributed by atoms with van der Waals surface area (Å²) in [5.41, 5.74) is 0. The van der Waals surface area contributed by atoms with Gasteiger partial charge in [-0.3, -0.25) is 19.4 Å². The molecule has 0 aliphatic carbocycles. The zero-order valence-electron chi connectivity index (χ0n) is 52.9. The summed E-state index contributed by atoms with van der Waals surface area (Å²) < 4.78 is 43.4. The summed E-state index contributed by atoms with van der Waals surface area (Å²) in [6, 6.07) is 2.11. The quantitative estimate of drug-likeness (QED) is 0.00905. The summed E-state index contributed by atoms with van der Waals surface area (Å²) in [4.78, 5) is 36.5. The molecule has 0 aromatic carbocycles. The van der Waals surface area contributed by atoms with Crippen molar-refractivity contribution in [3.8, 4) is 0 Å². The molecule has 1 fully saturated rings. The van der Waals surface area contributed by atoms with Crippen LogP contribution in [0.5, 0.6) is 0 Å². The van der Waals surface area contributed by atoms with Gasteiger partial charge in [0.2, 0.25) is 0 Å². The molecule has 1 saturated heterocycles. The third-order valence-electron chi connectivity index (χ3n) is 12.7. The molecule has 1 heterocycles. The number of carbonyl (C=O) groups is 3. The zero-order valence-corrected chi connectivity index (χ0v) is 59.9. The standard InChI is InChI=1S/C27H62N2O14Si4.C21H49N3O11Si3/c1-17(16-47(10,42-45(5,6)7)43-46(8,9)41-44(2,3)4)13-28-11-12-29-26(38)23(36)22(35)25(18(32)14-30)40-27-24(37)21(34)20(33)19(15-31)39-27;1-36(2,11-7-9-23-20(32)19(31)18(30)17(29)15(27)13-25)34-38(5,6)35-37(3,4)12-8-10-24(22)21(33)16(28)14-26/h17-25,27-28,30-37H,11-16H2,1-10H3,(H,29,38);15-19,25-31H,7-14,22H2,1-6H3,(H,23,32). The molecule has 30 nitrogen and oxygen atoms in total. The lowest BCUT2D eigenvalue weighted by molar-refractivity contribution is -0.326. The smallest absolute Gasteiger partial charge is 0.316 e. The number of carbonyl (C=O) groups excluding carboxylic acids is 3. The van der Waals surface area contributed by atoms with E-state index in [4.69, 9.17) is 46.1 Å². The molecule has 1 aliphatic heterocycles. The van der Waals surface area contributed by atoms with Crippen LogP contribution in [0.1, 0.15) is 19.8 Å². The third kappa shape index (κ3) is 32.7. The second-order valence-corrected chi connectivity index (χ2v) is 54.7. The molecule has 37 heteroatoms. The largest absolute Gasteiger partial charge is 0.437 e. The van der Waals surface area contributed by atoms with Crippen molar-refractivity contribution in [3.05, 3.63) is 0 Å². The van der Waals surface area contributed by atoms with E-state index in [1.54, 1.807) is 0 Å². The van der Waals surface area contributed by atoms with Gasteiger partial charge in [-0.25, -0.2) is 5.84 Å². The van der Waals surface area contributed by atoms with E-state index in [0.717, 1.165) is 11.1 Å². The van der Waals surface area contributed by atoms with Crippen LogP contribution in [0.4, 0.5) is 0 Å². The monoisotopic (exact) mass is 1350 g/mol. The van der Waals surface area contributed by atoms with E-state index in [2.05, 4.69) is 94.9 Å². The second-order valence-electron chi connectivity index (χ2n) is 25.9. The number of hydrogen-bond acceptors (Lipinski definition) is 27. The van der Waals surface area contributed by atoms with Crippen LogP contribution >= 0.6 is 0 Å². The van der Waals surface area contributed by atoms with E-state index in [1.165, 1.54) is 0 Å². The van der Waals surface area contributed by atoms with Gasteiger partial charge in [0.05, 0.1) is 26.4 Å². The fourth-order valence-electron chi connectivity index (χ4n) is 9.65. The first-order chi connectivity index (χ1) is 38.6. The van der Waals surface area contributed by atoms with Crippen LogP contribution in [0.15, 0.2) is 0 Å². The summed E-state index contributed by atoms with van der Waals surface area (Å²) in [6.07, 6.45) is -24.4. The minimum absolute atomic E-state index is 0.0801. The molecule has 16 atom stereocenters. The third-order valence-corrected chi connectivity index (χ3v) is 37.9. The Balaban J connectivity index is 0.00000170. The average molecular weight is 1360 g/mol. The first-order valence-corrected chi connectivity index (χ1v) is 49.9. The minimum Gasteiger partial charge on any atom is -0.437 e. The van der Waals surface area contributed by atoms with Crippen molar-refractivity contribution in [3.63, 3.8) is 0 Å². The van der Waals surface area contributed by atoms with Crippen LogP contribution in [0.25, 0.3) is 0 Å². The molecule has 0 radical (unpaired) electrons. The lowest BCUT2D eigenvalue weighted by Gasteiger charge is -2.42. The average Bonchev–Trinajstić information content (AvgIpc) is 2.12. The first-order valence-electron chi connectivity index (χ1n) is 28.7. The summed E-state index contributed by atoms with van der Waals surface area (Å²) in [5.74, 6) is 3.20. The number of nitrogens with two attached hydrogens (primary N) is 1. The van der Waals surface area contributed by atoms with Crippen LogP contribution in [0.3, 0.4) is 0 Å². The first kappa shape index (κ1) is 84.0. The summed E-state index contributed by atoms with van der Waals surface area (Å²) in [5, 5.41) is 155. The highest BCUT2D eigenvalue weighted by Crippen LogP contribution is 2.31. The Morgan fingerprint density at radius 2 is 1.06 bits per heavy atom. The van der Waals surface area contributed by atoms with Gasteiger partial charge < -0.3 is 123 Å². The fraction of sp³-hybridized carbons (Fsp3) is 0.938. The van der Waals surface area contributed by atoms with Gasteiger partial charge in [0, 0.05) is 26.2 Å². The zero-order chi connectivity index (χ0) is 66.4. The van der Waals surface area contributed by atoms with Crippen molar-refractivity contribution in [2.24, 2.45) is 11.8 Å². The predicted octanol–water partition coefficient (Wildman–Crippen LogP) is -4.40. The Morgan fingerprint density at radius 1 is 0.576 bits per heavy atom. The van der Waals surface area contributed by atoms with Gasteiger partial charge in [0.15, 0.2) is 57.9 Å². The molecule has 506 valence electrons. The molecule has 16 unspecified atom stereocenters. The molecule has 0 saturated carbocycles. The Bertz CT molecular complexity index is 1940. The van der Waals surface area contributed by atoms with Gasteiger partial charge in [0.25, 0.3) is 17.7 Å². The van der Waals surface area contributed by atoms with Crippen molar-refractivity contribution in [2.45, 2.75) is 222 Å². The number of rotatable bonds is 40. The van der Waals surface area contributed by atoms with Crippen LogP contribution in [0.2, 0.25) is 116 Å². The maximum atomic E-state index is 12.6. The maximum absolute atomic E-state index is 12.6. The molecule has 1 aliphatic rings. The number of hydrazine groups is 1. The van der Waals surface area contributed by atoms with Crippen molar-refractivity contribution < 1.29 is 121 Å². The van der Waals surface area contributed by atoms with Crippen LogP contribution < -0.4 is 21.8 Å². The lowest BCUT2D eigenvalue weighted by Crippen LogP contribution is -2.62. The summed E-state index contributed by atoms with van der Waals surface area (Å²) in [7, 11) is -15.7. The number of amides is 3. The van der Waals surface area contributed by atoms with Gasteiger partial charge in [-0.15, -0.1) is 0 Å². The number of nitrogens with zero attached hydrogens (tertiary/aromatic N) is 1. The highest BCUT2D eigenvalue weighted by Gasteiger charge is 2.49. The van der Waals surface area contributed by atoms with Crippen molar-refractivity contribution in [1.82, 2.24) is 21.0 Å². The van der Waals surface area contributed by atoms with E-state index in [9.17, 15) is 80.8 Å². The van der Waals surface area contributed by atoms with Crippen molar-refractivity contribution >= 4 is 76.7 Å². The molecule has 0 aromatic heterocycles. The van der Waals surface area contributed by atoms with Crippen LogP contribution in [-0.4, -0.2) is 303 Å². The van der Waals surface area contributed by atoms with Crippen LogP contribution in [0, 0.1) is 5.92 Å². The number of nitrogens with one attached hydrogen (secondary N) is 3. The highest BCUT2D eigenvalue weighted by atomic mass is 28.5. The predicted molar refractivity (Wildman–Crippen MR) is 329 cm³/mol. The van der Waals surface area contributed by atoms with Gasteiger partial charge in [-0.2, -0.15) is 0 Å². The van der Waals surface area contributed by atoms with E-state index < -0.39 is 189 Å². The molecule has 0 spiro atoms. The highest BCUT2D eigenvalue weighted by molar-refractivity contribution is 6.90. The lowest BCUT2D eigenvalue weighted by atomic mass is 9.98. The SMILES string of the molecule is CC(CNCCNC(=O)C(O)C(O)C(OC1OC(CO)C(O)C(O)C1O)C(O)CO)C[Si](C)(O[Si](C)(C)C)O[Si](C)(C)O[Si](C)(C)C.C[Si](C)(CCCNC(=O)C(O)C(O)C(O)C(O)CO)O[Si](C)(C)O[Si](C)(C)CCCN(N)C(=O)C(O)CO. The molecule has 3 amide bonds. The summed E-state index contributed by atoms with van der Waals surface area (Å²) in [6.45, 7) is 31.5. The topological polar surface area (TPSA) is 485 Å². The van der Waals surface area contributed by atoms with E-state index >= 15 is 0 Å². The number of aliphatic hydroxyl groups is 15. The van der Waals surface area contributed by atoms with E-state index in [0.29, 0.717) is 38.0 Å². The second kappa shape index (κ2) is 37.5. The Hall–Kier alpha value is -1.03. The van der Waals surface area contributed by atoms with Crippen molar-refractivity contribution in [1.29, 1.82) is 0 Å². The van der Waals surface area contributed by atoms with Gasteiger partial charge >= 0.3 is 25.7 Å². The van der Waals surface area contributed by atoms with Crippen molar-refractivity contribution in [2.75, 3.05) is 59.2 Å². The van der Waals surface area contributed by atoms with Gasteiger partial charge in [-0.1, -0.05) is 6.92 Å². The normalized spacial score (nSPS) is 22.7. The Morgan fingerprint density at radius 3 is 1.54 bits per heavy atom. The molecule has 0 bridgehead atoms.